The van der Waals surface area contributed by atoms with Crippen molar-refractivity contribution in [1.29, 1.82) is 0 Å². The second-order valence-electron chi connectivity index (χ2n) is 4.09. The van der Waals surface area contributed by atoms with Crippen molar-refractivity contribution in [2.45, 2.75) is 25.7 Å². The minimum atomic E-state index is -0.904. The molecule has 86 valence electrons. The van der Waals surface area contributed by atoms with Crippen molar-refractivity contribution in [3.05, 3.63) is 29.1 Å². The molecule has 1 N–H and O–H groups in total. The average molecular weight is 221 g/mol. The van der Waals surface area contributed by atoms with Gasteiger partial charge in [-0.3, -0.25) is 4.98 Å². The molecule has 2 heterocycles. The van der Waals surface area contributed by atoms with Gasteiger partial charge in [0.2, 0.25) is 0 Å². The van der Waals surface area contributed by atoms with Crippen LogP contribution < -0.4 is 0 Å². The Morgan fingerprint density at radius 2 is 2.19 bits per heavy atom. The summed E-state index contributed by atoms with van der Waals surface area (Å²) in [5.41, 5.74) is 1.90. The molecule has 0 saturated carbocycles. The van der Waals surface area contributed by atoms with Gasteiger partial charge < -0.3 is 9.84 Å². The zero-order valence-corrected chi connectivity index (χ0v) is 9.27. The number of pyridine rings is 1. The highest BCUT2D eigenvalue weighted by molar-refractivity contribution is 5.88. The molecule has 2 rings (SSSR count). The highest BCUT2D eigenvalue weighted by Crippen LogP contribution is 2.27. The molecule has 1 aromatic heterocycles. The molecule has 16 heavy (non-hydrogen) atoms. The van der Waals surface area contributed by atoms with Gasteiger partial charge in [-0.25, -0.2) is 4.79 Å². The summed E-state index contributed by atoms with van der Waals surface area (Å²) in [6.07, 6.45) is 3.69. The molecule has 1 fully saturated rings. The zero-order chi connectivity index (χ0) is 11.5. The first-order valence-corrected chi connectivity index (χ1v) is 5.46. The van der Waals surface area contributed by atoms with Crippen LogP contribution in [-0.4, -0.2) is 29.3 Å². The maximum Gasteiger partial charge on any atom is 0.337 e. The van der Waals surface area contributed by atoms with Gasteiger partial charge in [-0.15, -0.1) is 0 Å². The van der Waals surface area contributed by atoms with Gasteiger partial charge in [0.1, 0.15) is 0 Å². The smallest absolute Gasteiger partial charge is 0.337 e. The van der Waals surface area contributed by atoms with E-state index in [1.165, 1.54) is 0 Å². The van der Waals surface area contributed by atoms with Crippen LogP contribution in [0, 0.1) is 6.92 Å². The number of carboxylic acids is 1. The van der Waals surface area contributed by atoms with Gasteiger partial charge in [0.25, 0.3) is 0 Å². The number of aryl methyl sites for hydroxylation is 1. The Hall–Kier alpha value is -1.42. The van der Waals surface area contributed by atoms with Crippen molar-refractivity contribution >= 4 is 5.97 Å². The second-order valence-corrected chi connectivity index (χ2v) is 4.09. The van der Waals surface area contributed by atoms with Crippen LogP contribution in [0.2, 0.25) is 0 Å². The maximum atomic E-state index is 11.0. The van der Waals surface area contributed by atoms with Gasteiger partial charge in [-0.2, -0.15) is 0 Å². The fraction of sp³-hybridized carbons (Fsp3) is 0.500. The van der Waals surface area contributed by atoms with Crippen LogP contribution in [0.25, 0.3) is 0 Å². The van der Waals surface area contributed by atoms with Gasteiger partial charge >= 0.3 is 5.97 Å². The first-order chi connectivity index (χ1) is 7.68. The molecule has 1 aliphatic rings. The zero-order valence-electron chi connectivity index (χ0n) is 9.27. The van der Waals surface area contributed by atoms with E-state index >= 15 is 0 Å². The molecule has 1 saturated heterocycles. The molecule has 0 radical (unpaired) electrons. The molecule has 0 aliphatic carbocycles. The van der Waals surface area contributed by atoms with Crippen molar-refractivity contribution in [3.8, 4) is 0 Å². The number of rotatable bonds is 2. The quantitative estimate of drug-likeness (QED) is 0.829. The lowest BCUT2D eigenvalue weighted by Gasteiger charge is -2.22. The molecular weight excluding hydrogens is 206 g/mol. The second kappa shape index (κ2) is 4.61. The fourth-order valence-corrected chi connectivity index (χ4v) is 2.02. The SMILES string of the molecule is Cc1ncc(C2CCOCC2)cc1C(=O)O. The number of aromatic carboxylic acids is 1. The number of aromatic nitrogens is 1. The van der Waals surface area contributed by atoms with E-state index in [0.29, 0.717) is 17.2 Å². The number of hydrogen-bond acceptors (Lipinski definition) is 3. The van der Waals surface area contributed by atoms with E-state index in [-0.39, 0.29) is 0 Å². The molecule has 4 nitrogen and oxygen atoms in total. The lowest BCUT2D eigenvalue weighted by atomic mass is 9.92. The first kappa shape index (κ1) is 11.1. The van der Waals surface area contributed by atoms with Gasteiger partial charge in [0.05, 0.1) is 11.3 Å². The first-order valence-electron chi connectivity index (χ1n) is 5.46. The van der Waals surface area contributed by atoms with E-state index in [4.69, 9.17) is 9.84 Å². The molecular formula is C12H15NO3. The number of hydrogen-bond donors (Lipinski definition) is 1. The number of carboxylic acid groups (broad SMARTS) is 1. The minimum absolute atomic E-state index is 0.309. The summed E-state index contributed by atoms with van der Waals surface area (Å²) in [5.74, 6) is -0.515. The third-order valence-corrected chi connectivity index (χ3v) is 3.03. The molecule has 1 aromatic rings. The summed E-state index contributed by atoms with van der Waals surface area (Å²) < 4.78 is 5.29. The van der Waals surface area contributed by atoms with E-state index in [9.17, 15) is 4.79 Å². The molecule has 1 aliphatic heterocycles. The van der Waals surface area contributed by atoms with Crippen LogP contribution in [0.4, 0.5) is 0 Å². The molecule has 0 atom stereocenters. The largest absolute Gasteiger partial charge is 0.478 e. The van der Waals surface area contributed by atoms with Gasteiger partial charge in [0.15, 0.2) is 0 Å². The van der Waals surface area contributed by atoms with Gasteiger partial charge in [-0.05, 0) is 37.3 Å². The topological polar surface area (TPSA) is 59.4 Å². The standard InChI is InChI=1S/C12H15NO3/c1-8-11(12(14)15)6-10(7-13-8)9-2-4-16-5-3-9/h6-7,9H,2-5H2,1H3,(H,14,15). The highest BCUT2D eigenvalue weighted by Gasteiger charge is 2.18. The van der Waals surface area contributed by atoms with E-state index in [1.807, 2.05) is 0 Å². The normalized spacial score (nSPS) is 17.3. The Morgan fingerprint density at radius 1 is 1.50 bits per heavy atom. The van der Waals surface area contributed by atoms with E-state index in [2.05, 4.69) is 4.98 Å². The Bertz CT molecular complexity index is 397. The van der Waals surface area contributed by atoms with Crippen LogP contribution in [0.1, 0.15) is 40.4 Å². The van der Waals surface area contributed by atoms with E-state index in [0.717, 1.165) is 31.6 Å². The lowest BCUT2D eigenvalue weighted by molar-refractivity contribution is 0.0695. The van der Waals surface area contributed by atoms with Crippen molar-refractivity contribution in [2.24, 2.45) is 0 Å². The van der Waals surface area contributed by atoms with E-state index < -0.39 is 5.97 Å². The van der Waals surface area contributed by atoms with Gasteiger partial charge in [0, 0.05) is 19.4 Å². The fourth-order valence-electron chi connectivity index (χ4n) is 2.02. The molecule has 0 bridgehead atoms. The lowest BCUT2D eigenvalue weighted by Crippen LogP contribution is -2.15. The van der Waals surface area contributed by atoms with Crippen molar-refractivity contribution in [3.63, 3.8) is 0 Å². The Kier molecular flexibility index (Phi) is 3.19. The highest BCUT2D eigenvalue weighted by atomic mass is 16.5. The van der Waals surface area contributed by atoms with Crippen molar-refractivity contribution < 1.29 is 14.6 Å². The van der Waals surface area contributed by atoms with E-state index in [1.54, 1.807) is 19.2 Å². The predicted molar refractivity (Wildman–Crippen MR) is 58.7 cm³/mol. The van der Waals surface area contributed by atoms with Crippen LogP contribution in [0.5, 0.6) is 0 Å². The summed E-state index contributed by atoms with van der Waals surface area (Å²) in [6, 6.07) is 1.75. The third-order valence-electron chi connectivity index (χ3n) is 3.03. The third kappa shape index (κ3) is 2.22. The van der Waals surface area contributed by atoms with Crippen LogP contribution >= 0.6 is 0 Å². The summed E-state index contributed by atoms with van der Waals surface area (Å²) >= 11 is 0. The van der Waals surface area contributed by atoms with Crippen molar-refractivity contribution in [1.82, 2.24) is 4.98 Å². The molecule has 4 heteroatoms. The average Bonchev–Trinajstić information content (AvgIpc) is 2.30. The summed E-state index contributed by atoms with van der Waals surface area (Å²) in [7, 11) is 0. The Labute approximate surface area is 94.3 Å². The number of nitrogens with zero attached hydrogens (tertiary/aromatic N) is 1. The van der Waals surface area contributed by atoms with Crippen molar-refractivity contribution in [2.75, 3.05) is 13.2 Å². The molecule has 0 amide bonds. The Morgan fingerprint density at radius 3 is 2.81 bits per heavy atom. The summed E-state index contributed by atoms with van der Waals surface area (Å²) in [4.78, 5) is 15.1. The molecule has 0 unspecified atom stereocenters. The van der Waals surface area contributed by atoms with Crippen LogP contribution in [0.15, 0.2) is 12.3 Å². The van der Waals surface area contributed by atoms with Crippen LogP contribution in [-0.2, 0) is 4.74 Å². The minimum Gasteiger partial charge on any atom is -0.478 e. The van der Waals surface area contributed by atoms with Crippen LogP contribution in [0.3, 0.4) is 0 Å². The number of carbonyl (C=O) groups is 1. The molecule has 0 spiro atoms. The summed E-state index contributed by atoms with van der Waals surface area (Å²) in [6.45, 7) is 3.22. The van der Waals surface area contributed by atoms with Gasteiger partial charge in [-0.1, -0.05) is 0 Å². The predicted octanol–water partition coefficient (Wildman–Crippen LogP) is 1.98. The summed E-state index contributed by atoms with van der Waals surface area (Å²) in [5, 5.41) is 9.02. The number of ether oxygens (including phenoxy) is 1. The monoisotopic (exact) mass is 221 g/mol. The maximum absolute atomic E-state index is 11.0. The Balaban J connectivity index is 2.27. The molecule has 0 aromatic carbocycles.